The Hall–Kier alpha value is -1.62. The summed E-state index contributed by atoms with van der Waals surface area (Å²) in [6.07, 6.45) is 3.86. The number of nitrogens with one attached hydrogen (secondary N) is 1. The van der Waals surface area contributed by atoms with Crippen molar-refractivity contribution in [3.63, 3.8) is 0 Å². The molecule has 1 amide bonds. The molecule has 1 fully saturated rings. The molecule has 2 aromatic heterocycles. The second-order valence-electron chi connectivity index (χ2n) is 4.68. The predicted octanol–water partition coefficient (Wildman–Crippen LogP) is 1.66. The quantitative estimate of drug-likeness (QED) is 0.869. The lowest BCUT2D eigenvalue weighted by Crippen LogP contribution is -2.36. The number of aryl methyl sites for hydroxylation is 1. The third kappa shape index (κ3) is 2.30. The Balaban J connectivity index is 2.04. The monoisotopic (exact) mass is 278 g/mol. The van der Waals surface area contributed by atoms with Crippen molar-refractivity contribution in [3.05, 3.63) is 24.2 Å². The second-order valence-corrected chi connectivity index (χ2v) is 5.06. The van der Waals surface area contributed by atoms with Gasteiger partial charge in [-0.15, -0.1) is 11.6 Å². The summed E-state index contributed by atoms with van der Waals surface area (Å²) in [5.41, 5.74) is 1.77. The molecule has 3 heterocycles. The Morgan fingerprint density at radius 2 is 2.42 bits per heavy atom. The molecule has 1 aliphatic heterocycles. The summed E-state index contributed by atoms with van der Waals surface area (Å²) in [7, 11) is 0. The highest BCUT2D eigenvalue weighted by atomic mass is 35.5. The molecule has 6 heteroatoms. The summed E-state index contributed by atoms with van der Waals surface area (Å²) in [5, 5.41) is 2.91. The van der Waals surface area contributed by atoms with Gasteiger partial charge in [0.2, 0.25) is 5.91 Å². The number of hydrogen-bond acceptors (Lipinski definition) is 3. The third-order valence-electron chi connectivity index (χ3n) is 3.44. The van der Waals surface area contributed by atoms with Crippen molar-refractivity contribution in [2.24, 2.45) is 0 Å². The van der Waals surface area contributed by atoms with Crippen LogP contribution in [-0.4, -0.2) is 32.9 Å². The van der Waals surface area contributed by atoms with Crippen LogP contribution in [-0.2, 0) is 11.2 Å². The average Bonchev–Trinajstić information content (AvgIpc) is 2.78. The number of carbonyl (C=O) groups excluding carboxylic acids is 1. The first-order valence-electron chi connectivity index (χ1n) is 6.44. The van der Waals surface area contributed by atoms with Crippen molar-refractivity contribution >= 4 is 28.7 Å². The lowest BCUT2D eigenvalue weighted by atomic mass is 10.1. The number of aromatic nitrogens is 3. The topological polar surface area (TPSA) is 59.8 Å². The van der Waals surface area contributed by atoms with Crippen LogP contribution in [0.5, 0.6) is 0 Å². The molecule has 100 valence electrons. The first-order valence-corrected chi connectivity index (χ1v) is 6.97. The van der Waals surface area contributed by atoms with Crippen molar-refractivity contribution < 1.29 is 4.79 Å². The van der Waals surface area contributed by atoms with Gasteiger partial charge in [-0.2, -0.15) is 0 Å². The van der Waals surface area contributed by atoms with Gasteiger partial charge in [-0.1, -0.05) is 0 Å². The van der Waals surface area contributed by atoms with Gasteiger partial charge in [-0.3, -0.25) is 4.79 Å². The predicted molar refractivity (Wildman–Crippen MR) is 73.2 cm³/mol. The van der Waals surface area contributed by atoms with Gasteiger partial charge in [0.25, 0.3) is 0 Å². The largest absolute Gasteiger partial charge is 0.354 e. The van der Waals surface area contributed by atoms with E-state index in [2.05, 4.69) is 19.9 Å². The zero-order valence-corrected chi connectivity index (χ0v) is 11.2. The van der Waals surface area contributed by atoms with Crippen molar-refractivity contribution in [1.82, 2.24) is 19.9 Å². The number of hydrogen-bond donors (Lipinski definition) is 1. The number of halogens is 1. The van der Waals surface area contributed by atoms with E-state index in [0.717, 1.165) is 23.4 Å². The fourth-order valence-electron chi connectivity index (χ4n) is 2.56. The van der Waals surface area contributed by atoms with Crippen LogP contribution >= 0.6 is 11.6 Å². The van der Waals surface area contributed by atoms with Crippen LogP contribution < -0.4 is 5.32 Å². The van der Waals surface area contributed by atoms with Gasteiger partial charge in [-0.25, -0.2) is 9.97 Å². The molecule has 0 aliphatic carbocycles. The highest BCUT2D eigenvalue weighted by Gasteiger charge is 2.24. The van der Waals surface area contributed by atoms with E-state index < -0.39 is 0 Å². The number of nitrogens with zero attached hydrogens (tertiary/aromatic N) is 3. The number of pyridine rings is 1. The molecule has 0 saturated carbocycles. The number of imidazole rings is 1. The van der Waals surface area contributed by atoms with Gasteiger partial charge in [0.1, 0.15) is 11.3 Å². The summed E-state index contributed by atoms with van der Waals surface area (Å²) in [6.45, 7) is 0.635. The molecule has 1 aliphatic rings. The fourth-order valence-corrected chi connectivity index (χ4v) is 2.73. The van der Waals surface area contributed by atoms with Crippen LogP contribution in [0.1, 0.15) is 24.7 Å². The Morgan fingerprint density at radius 1 is 1.53 bits per heavy atom. The number of fused-ring (bicyclic) bond motifs is 1. The van der Waals surface area contributed by atoms with E-state index in [-0.39, 0.29) is 11.9 Å². The van der Waals surface area contributed by atoms with Gasteiger partial charge >= 0.3 is 0 Å². The normalized spacial score (nSPS) is 19.6. The zero-order chi connectivity index (χ0) is 13.2. The smallest absolute Gasteiger partial charge is 0.220 e. The first-order chi connectivity index (χ1) is 9.29. The Bertz CT molecular complexity index is 600. The number of rotatable bonds is 3. The molecule has 0 spiro atoms. The molecule has 0 bridgehead atoms. The van der Waals surface area contributed by atoms with E-state index in [0.29, 0.717) is 25.3 Å². The van der Waals surface area contributed by atoms with Crippen LogP contribution in [0.3, 0.4) is 0 Å². The molecular weight excluding hydrogens is 264 g/mol. The van der Waals surface area contributed by atoms with E-state index in [9.17, 15) is 4.79 Å². The van der Waals surface area contributed by atoms with Gasteiger partial charge < -0.3 is 9.88 Å². The van der Waals surface area contributed by atoms with Crippen LogP contribution in [0.4, 0.5) is 0 Å². The first kappa shape index (κ1) is 12.4. The number of amides is 1. The number of piperidine rings is 1. The van der Waals surface area contributed by atoms with E-state index in [1.54, 1.807) is 6.20 Å². The minimum Gasteiger partial charge on any atom is -0.354 e. The number of alkyl halides is 1. The minimum absolute atomic E-state index is 0.118. The van der Waals surface area contributed by atoms with Crippen molar-refractivity contribution in [2.45, 2.75) is 25.3 Å². The summed E-state index contributed by atoms with van der Waals surface area (Å²) < 4.78 is 2.14. The SMILES string of the molecule is O=C1CCC(n2c(CCCl)nc3cccnc32)CN1. The Kier molecular flexibility index (Phi) is 3.38. The maximum absolute atomic E-state index is 11.3. The van der Waals surface area contributed by atoms with Gasteiger partial charge in [0.05, 0.1) is 6.04 Å². The van der Waals surface area contributed by atoms with Crippen molar-refractivity contribution in [2.75, 3.05) is 12.4 Å². The molecule has 1 unspecified atom stereocenters. The van der Waals surface area contributed by atoms with Crippen LogP contribution in [0, 0.1) is 0 Å². The Morgan fingerprint density at radius 3 is 3.16 bits per heavy atom. The molecule has 1 saturated heterocycles. The standard InChI is InChI=1S/C13H15ClN4O/c14-6-5-11-17-10-2-1-7-15-13(10)18(11)9-3-4-12(19)16-8-9/h1-2,7,9H,3-6,8H2,(H,16,19). The summed E-state index contributed by atoms with van der Waals surface area (Å²) in [6, 6.07) is 4.06. The molecule has 1 atom stereocenters. The van der Waals surface area contributed by atoms with Crippen molar-refractivity contribution in [3.8, 4) is 0 Å². The average molecular weight is 279 g/mol. The minimum atomic E-state index is 0.118. The summed E-state index contributed by atoms with van der Waals surface area (Å²) in [4.78, 5) is 20.3. The van der Waals surface area contributed by atoms with Gasteiger partial charge in [0.15, 0.2) is 5.65 Å². The van der Waals surface area contributed by atoms with Crippen LogP contribution in [0.15, 0.2) is 18.3 Å². The van der Waals surface area contributed by atoms with Gasteiger partial charge in [0, 0.05) is 31.5 Å². The molecule has 0 radical (unpaired) electrons. The molecular formula is C13H15ClN4O. The molecule has 19 heavy (non-hydrogen) atoms. The lowest BCUT2D eigenvalue weighted by molar-refractivity contribution is -0.122. The summed E-state index contributed by atoms with van der Waals surface area (Å²) >= 11 is 5.85. The zero-order valence-electron chi connectivity index (χ0n) is 10.5. The van der Waals surface area contributed by atoms with Crippen LogP contribution in [0.2, 0.25) is 0 Å². The van der Waals surface area contributed by atoms with E-state index in [4.69, 9.17) is 11.6 Å². The maximum atomic E-state index is 11.3. The maximum Gasteiger partial charge on any atom is 0.220 e. The third-order valence-corrected chi connectivity index (χ3v) is 3.63. The Labute approximate surface area is 116 Å². The second kappa shape index (κ2) is 5.17. The highest BCUT2D eigenvalue weighted by Crippen LogP contribution is 2.24. The lowest BCUT2D eigenvalue weighted by Gasteiger charge is -2.25. The number of carbonyl (C=O) groups is 1. The van der Waals surface area contributed by atoms with Crippen LogP contribution in [0.25, 0.3) is 11.2 Å². The fraction of sp³-hybridized carbons (Fsp3) is 0.462. The highest BCUT2D eigenvalue weighted by molar-refractivity contribution is 6.17. The molecule has 0 aromatic carbocycles. The van der Waals surface area contributed by atoms with Gasteiger partial charge in [-0.05, 0) is 18.6 Å². The molecule has 5 nitrogen and oxygen atoms in total. The molecule has 1 N–H and O–H groups in total. The molecule has 2 aromatic rings. The van der Waals surface area contributed by atoms with E-state index in [1.807, 2.05) is 12.1 Å². The summed E-state index contributed by atoms with van der Waals surface area (Å²) in [5.74, 6) is 1.60. The van der Waals surface area contributed by atoms with E-state index >= 15 is 0 Å². The molecule has 3 rings (SSSR count). The van der Waals surface area contributed by atoms with Crippen molar-refractivity contribution in [1.29, 1.82) is 0 Å². The van der Waals surface area contributed by atoms with E-state index in [1.165, 1.54) is 0 Å².